The maximum Gasteiger partial charge on any atom is 0.330 e. The molecule has 3 rings (SSSR count). The lowest BCUT2D eigenvalue weighted by molar-refractivity contribution is -0.169. The highest BCUT2D eigenvalue weighted by Crippen LogP contribution is 2.55. The maximum atomic E-state index is 12.6. The average molecular weight is 334 g/mol. The molecule has 1 aromatic carbocycles. The molecule has 0 unspecified atom stereocenters. The summed E-state index contributed by atoms with van der Waals surface area (Å²) >= 11 is 1.59. The number of benzene rings is 1. The van der Waals surface area contributed by atoms with Crippen LogP contribution in [0.25, 0.3) is 0 Å². The van der Waals surface area contributed by atoms with Crippen molar-refractivity contribution in [2.75, 3.05) is 0 Å². The number of ether oxygens (including phenoxy) is 1. The van der Waals surface area contributed by atoms with Crippen molar-refractivity contribution in [1.82, 2.24) is 4.90 Å². The lowest BCUT2D eigenvalue weighted by atomic mass is 9.83. The van der Waals surface area contributed by atoms with Crippen molar-refractivity contribution in [3.63, 3.8) is 0 Å². The maximum absolute atomic E-state index is 12.6. The van der Waals surface area contributed by atoms with E-state index in [-0.39, 0.29) is 23.9 Å². The molecule has 2 saturated heterocycles. The topological polar surface area (TPSA) is 72.6 Å². The predicted octanol–water partition coefficient (Wildman–Crippen LogP) is 1.90. The van der Waals surface area contributed by atoms with Gasteiger partial charge in [-0.3, -0.25) is 4.79 Å². The summed E-state index contributed by atoms with van der Waals surface area (Å²) in [5.41, 5.74) is 6.29. The van der Waals surface area contributed by atoms with Crippen LogP contribution in [0.3, 0.4) is 0 Å². The summed E-state index contributed by atoms with van der Waals surface area (Å²) < 4.78 is 5.05. The minimum Gasteiger partial charge on any atom is -0.459 e. The van der Waals surface area contributed by atoms with Crippen LogP contribution in [-0.4, -0.2) is 38.5 Å². The van der Waals surface area contributed by atoms with Gasteiger partial charge in [0.15, 0.2) is 0 Å². The number of thioether (sulfide) groups is 1. The van der Waals surface area contributed by atoms with Crippen LogP contribution in [0.1, 0.15) is 32.8 Å². The molecule has 1 amide bonds. The van der Waals surface area contributed by atoms with Gasteiger partial charge in [-0.15, -0.1) is 11.8 Å². The third-order valence-corrected chi connectivity index (χ3v) is 6.41. The lowest BCUT2D eigenvalue weighted by Crippen LogP contribution is -2.77. The van der Waals surface area contributed by atoms with Crippen molar-refractivity contribution in [3.05, 3.63) is 35.9 Å². The molecule has 6 heteroatoms. The largest absolute Gasteiger partial charge is 0.459 e. The molecule has 2 aliphatic rings. The van der Waals surface area contributed by atoms with Gasteiger partial charge in [-0.05, 0) is 25.8 Å². The molecule has 0 aliphatic carbocycles. The second kappa shape index (κ2) is 5.53. The van der Waals surface area contributed by atoms with Gasteiger partial charge in [0.25, 0.3) is 0 Å². The van der Waals surface area contributed by atoms with Crippen LogP contribution in [0.2, 0.25) is 0 Å². The molecular weight excluding hydrogens is 312 g/mol. The van der Waals surface area contributed by atoms with Gasteiger partial charge in [0, 0.05) is 4.75 Å². The van der Waals surface area contributed by atoms with E-state index in [2.05, 4.69) is 0 Å². The Kier molecular flexibility index (Phi) is 3.92. The summed E-state index contributed by atoms with van der Waals surface area (Å²) in [5, 5.41) is -0.149. The number of amides is 1. The minimum atomic E-state index is -0.851. The third kappa shape index (κ3) is 2.44. The van der Waals surface area contributed by atoms with Crippen LogP contribution < -0.4 is 5.73 Å². The second-order valence-electron chi connectivity index (χ2n) is 6.68. The summed E-state index contributed by atoms with van der Waals surface area (Å²) in [6.07, 6.45) is 0.571. The lowest BCUT2D eigenvalue weighted by Gasteiger charge is -2.50. The molecule has 23 heavy (non-hydrogen) atoms. The van der Waals surface area contributed by atoms with Gasteiger partial charge in [0.2, 0.25) is 5.91 Å². The molecule has 2 aliphatic heterocycles. The summed E-state index contributed by atoms with van der Waals surface area (Å²) in [4.78, 5) is 26.7. The van der Waals surface area contributed by atoms with Gasteiger partial charge in [-0.25, -0.2) is 4.79 Å². The van der Waals surface area contributed by atoms with Gasteiger partial charge in [-0.2, -0.15) is 0 Å². The van der Waals surface area contributed by atoms with E-state index in [0.717, 1.165) is 5.56 Å². The van der Waals surface area contributed by atoms with Crippen molar-refractivity contribution in [3.8, 4) is 0 Å². The summed E-state index contributed by atoms with van der Waals surface area (Å²) in [5.74, 6) is -0.509. The Bertz CT molecular complexity index is 634. The zero-order chi connectivity index (χ0) is 16.8. The number of hydrogen-bond donors (Lipinski definition) is 1. The van der Waals surface area contributed by atoms with Crippen LogP contribution >= 0.6 is 11.8 Å². The zero-order valence-corrected chi connectivity index (χ0v) is 14.4. The molecule has 124 valence electrons. The van der Waals surface area contributed by atoms with Gasteiger partial charge < -0.3 is 15.4 Å². The van der Waals surface area contributed by atoms with E-state index >= 15 is 0 Å². The first-order valence-corrected chi connectivity index (χ1v) is 8.69. The monoisotopic (exact) mass is 334 g/mol. The Morgan fingerprint density at radius 2 is 2.00 bits per heavy atom. The molecule has 5 nitrogen and oxygen atoms in total. The SMILES string of the molecule is CC[C@@]1(N)C(=O)N2[C@@H](C(=O)OCc3ccccc3)C(C)(C)S[C@@H]21. The normalized spacial score (nSPS) is 31.5. The Morgan fingerprint density at radius 1 is 1.35 bits per heavy atom. The van der Waals surface area contributed by atoms with E-state index in [4.69, 9.17) is 10.5 Å². The predicted molar refractivity (Wildman–Crippen MR) is 89.5 cm³/mol. The van der Waals surface area contributed by atoms with E-state index in [9.17, 15) is 9.59 Å². The number of carbonyl (C=O) groups is 2. The fourth-order valence-corrected chi connectivity index (χ4v) is 4.99. The standard InChI is InChI=1S/C17H22N2O3S/c1-4-17(18)14(21)19-12(16(2,3)23-15(17)19)13(20)22-10-11-8-6-5-7-9-11/h5-9,12,15H,4,10,18H2,1-3H3/t12-,15+,17+/m0/s1. The molecule has 0 aromatic heterocycles. The smallest absolute Gasteiger partial charge is 0.330 e. The third-order valence-electron chi connectivity index (χ3n) is 4.71. The van der Waals surface area contributed by atoms with Crippen LogP contribution in [-0.2, 0) is 20.9 Å². The molecule has 0 saturated carbocycles. The first-order valence-electron chi connectivity index (χ1n) is 7.81. The molecular formula is C17H22N2O3S. The number of nitrogens with two attached hydrogens (primary N) is 1. The van der Waals surface area contributed by atoms with Crippen molar-refractivity contribution in [2.45, 2.75) is 55.5 Å². The van der Waals surface area contributed by atoms with Crippen LogP contribution in [0.15, 0.2) is 30.3 Å². The number of fused-ring (bicyclic) bond motifs is 1. The number of hydrogen-bond acceptors (Lipinski definition) is 5. The Labute approximate surface area is 140 Å². The molecule has 1 aromatic rings. The fourth-order valence-electron chi connectivity index (χ4n) is 3.27. The van der Waals surface area contributed by atoms with Gasteiger partial charge in [0.05, 0.1) is 0 Å². The molecule has 3 atom stereocenters. The van der Waals surface area contributed by atoms with Crippen molar-refractivity contribution in [2.24, 2.45) is 5.73 Å². The second-order valence-corrected chi connectivity index (χ2v) is 8.41. The molecule has 2 fully saturated rings. The highest BCUT2D eigenvalue weighted by Gasteiger charge is 2.69. The summed E-state index contributed by atoms with van der Waals surface area (Å²) in [6.45, 7) is 6.05. The minimum absolute atomic E-state index is 0.148. The number of β-lactam (4-membered cyclic amide) rings is 1. The molecule has 0 radical (unpaired) electrons. The number of nitrogens with zero attached hydrogens (tertiary/aromatic N) is 1. The average Bonchev–Trinajstić information content (AvgIpc) is 2.82. The summed E-state index contributed by atoms with van der Waals surface area (Å²) in [6, 6.07) is 8.94. The van der Waals surface area contributed by atoms with Crippen molar-refractivity contribution >= 4 is 23.6 Å². The van der Waals surface area contributed by atoms with Crippen LogP contribution in [0.5, 0.6) is 0 Å². The van der Waals surface area contributed by atoms with E-state index in [1.165, 1.54) is 0 Å². The van der Waals surface area contributed by atoms with Gasteiger partial charge in [-0.1, -0.05) is 37.3 Å². The number of esters is 1. The Hall–Kier alpha value is -1.53. The fraction of sp³-hybridized carbons (Fsp3) is 0.529. The number of carbonyl (C=O) groups excluding carboxylic acids is 2. The molecule has 0 spiro atoms. The Balaban J connectivity index is 1.74. The highest BCUT2D eigenvalue weighted by molar-refractivity contribution is 8.01. The van der Waals surface area contributed by atoms with E-state index in [1.54, 1.807) is 16.7 Å². The first-order chi connectivity index (χ1) is 10.8. The molecule has 2 heterocycles. The molecule has 2 N–H and O–H groups in total. The first kappa shape index (κ1) is 16.3. The summed E-state index contributed by atoms with van der Waals surface area (Å²) in [7, 11) is 0. The van der Waals surface area contributed by atoms with E-state index in [1.807, 2.05) is 51.1 Å². The van der Waals surface area contributed by atoms with Crippen LogP contribution in [0, 0.1) is 0 Å². The molecule has 0 bridgehead atoms. The van der Waals surface area contributed by atoms with Crippen molar-refractivity contribution in [1.29, 1.82) is 0 Å². The number of rotatable bonds is 4. The van der Waals surface area contributed by atoms with E-state index < -0.39 is 16.3 Å². The van der Waals surface area contributed by atoms with Gasteiger partial charge in [0.1, 0.15) is 23.6 Å². The highest BCUT2D eigenvalue weighted by atomic mass is 32.2. The van der Waals surface area contributed by atoms with Crippen molar-refractivity contribution < 1.29 is 14.3 Å². The Morgan fingerprint density at radius 3 is 2.61 bits per heavy atom. The van der Waals surface area contributed by atoms with Gasteiger partial charge >= 0.3 is 5.97 Å². The quantitative estimate of drug-likeness (QED) is 0.672. The zero-order valence-electron chi connectivity index (χ0n) is 13.6. The van der Waals surface area contributed by atoms with Crippen LogP contribution in [0.4, 0.5) is 0 Å². The van der Waals surface area contributed by atoms with E-state index in [0.29, 0.717) is 6.42 Å².